The van der Waals surface area contributed by atoms with Crippen LogP contribution in [0.5, 0.6) is 0 Å². The Bertz CT molecular complexity index is 975. The number of rotatable bonds is 5. The first-order valence-corrected chi connectivity index (χ1v) is 10.6. The molecule has 1 aromatic carbocycles. The summed E-state index contributed by atoms with van der Waals surface area (Å²) in [4.78, 5) is 52.2. The van der Waals surface area contributed by atoms with Crippen molar-refractivity contribution >= 4 is 23.6 Å². The number of allylic oxidation sites excluding steroid dienone is 2. The molecule has 3 fully saturated rings. The number of amides is 2. The molecule has 30 heavy (non-hydrogen) atoms. The molecule has 1 saturated heterocycles. The second-order valence-corrected chi connectivity index (χ2v) is 9.21. The van der Waals surface area contributed by atoms with Crippen LogP contribution in [-0.2, 0) is 19.1 Å². The molecule has 0 N–H and O–H groups in total. The first-order valence-electron chi connectivity index (χ1n) is 10.6. The van der Waals surface area contributed by atoms with E-state index < -0.39 is 18.6 Å². The predicted molar refractivity (Wildman–Crippen MR) is 107 cm³/mol. The molecule has 0 aromatic heterocycles. The van der Waals surface area contributed by atoms with Crippen molar-refractivity contribution in [2.45, 2.75) is 33.2 Å². The van der Waals surface area contributed by atoms with E-state index >= 15 is 0 Å². The molecular formula is C24H25NO5. The highest BCUT2D eigenvalue weighted by atomic mass is 16.5. The van der Waals surface area contributed by atoms with Gasteiger partial charge in [0.25, 0.3) is 0 Å². The van der Waals surface area contributed by atoms with E-state index in [1.54, 1.807) is 12.1 Å². The van der Waals surface area contributed by atoms with Crippen LogP contribution in [0.15, 0.2) is 30.4 Å². The molecule has 1 heterocycles. The van der Waals surface area contributed by atoms with Gasteiger partial charge in [0, 0.05) is 5.56 Å². The molecule has 6 rings (SSSR count). The van der Waals surface area contributed by atoms with E-state index in [4.69, 9.17) is 4.74 Å². The van der Waals surface area contributed by atoms with E-state index in [0.717, 1.165) is 22.4 Å². The van der Waals surface area contributed by atoms with Gasteiger partial charge < -0.3 is 4.74 Å². The fraction of sp³-hybridized carbons (Fsp3) is 0.500. The summed E-state index contributed by atoms with van der Waals surface area (Å²) in [7, 11) is 0. The van der Waals surface area contributed by atoms with Gasteiger partial charge in [0.15, 0.2) is 12.4 Å². The molecule has 0 spiro atoms. The largest absolute Gasteiger partial charge is 0.456 e. The van der Waals surface area contributed by atoms with Gasteiger partial charge in [0.1, 0.15) is 6.04 Å². The lowest BCUT2D eigenvalue weighted by molar-refractivity contribution is -0.157. The van der Waals surface area contributed by atoms with Crippen LogP contribution in [0.3, 0.4) is 0 Å². The Labute approximate surface area is 175 Å². The second-order valence-electron chi connectivity index (χ2n) is 9.21. The Hall–Kier alpha value is -2.76. The number of carbonyl (C=O) groups is 4. The van der Waals surface area contributed by atoms with Crippen LogP contribution in [0.25, 0.3) is 0 Å². The summed E-state index contributed by atoms with van der Waals surface area (Å²) >= 11 is 0. The van der Waals surface area contributed by atoms with Gasteiger partial charge in [-0.05, 0) is 68.1 Å². The van der Waals surface area contributed by atoms with Crippen LogP contribution < -0.4 is 0 Å². The van der Waals surface area contributed by atoms with Crippen molar-refractivity contribution < 1.29 is 23.9 Å². The molecule has 6 heteroatoms. The number of ketones is 1. The zero-order valence-corrected chi connectivity index (χ0v) is 17.3. The summed E-state index contributed by atoms with van der Waals surface area (Å²) in [5, 5.41) is 0. The van der Waals surface area contributed by atoms with Gasteiger partial charge in [-0.1, -0.05) is 24.3 Å². The van der Waals surface area contributed by atoms with E-state index in [2.05, 4.69) is 12.2 Å². The summed E-state index contributed by atoms with van der Waals surface area (Å²) in [6.07, 6.45) is 5.29. The standard InChI is InChI=1S/C24H25NO5/c1-11-4-5-14(8-12(11)2)19(26)10-30-24(29)13(3)25-22(27)20-15-6-7-16(18-9-17(15)18)21(20)23(25)28/h4-8,13,15-18,20-21H,9-10H2,1-3H3/t13-,15-,16-,17-,18+,20+,21+/m0/s1. The van der Waals surface area contributed by atoms with Crippen molar-refractivity contribution in [1.82, 2.24) is 4.90 Å². The minimum Gasteiger partial charge on any atom is -0.456 e. The summed E-state index contributed by atoms with van der Waals surface area (Å²) in [5.41, 5.74) is 2.53. The average molecular weight is 407 g/mol. The molecule has 1 aromatic rings. The third-order valence-electron chi connectivity index (χ3n) is 7.60. The number of benzene rings is 1. The number of nitrogens with zero attached hydrogens (tertiary/aromatic N) is 1. The second kappa shape index (κ2) is 6.62. The fourth-order valence-corrected chi connectivity index (χ4v) is 5.72. The first-order chi connectivity index (χ1) is 14.3. The zero-order valence-electron chi connectivity index (χ0n) is 17.3. The lowest BCUT2D eigenvalue weighted by Crippen LogP contribution is -2.45. The van der Waals surface area contributed by atoms with E-state index in [9.17, 15) is 19.2 Å². The summed E-state index contributed by atoms with van der Waals surface area (Å²) in [6, 6.07) is 4.29. The minimum absolute atomic E-state index is 0.112. The topological polar surface area (TPSA) is 80.8 Å². The Morgan fingerprint density at radius 3 is 2.20 bits per heavy atom. The Morgan fingerprint density at radius 1 is 1.03 bits per heavy atom. The first kappa shape index (κ1) is 19.2. The van der Waals surface area contributed by atoms with Crippen molar-refractivity contribution in [3.63, 3.8) is 0 Å². The maximum absolute atomic E-state index is 13.1. The lowest BCUT2D eigenvalue weighted by atomic mass is 9.63. The molecule has 1 aliphatic heterocycles. The van der Waals surface area contributed by atoms with Gasteiger partial charge in [0.2, 0.25) is 11.8 Å². The van der Waals surface area contributed by atoms with Gasteiger partial charge in [-0.2, -0.15) is 0 Å². The van der Waals surface area contributed by atoms with Crippen molar-refractivity contribution in [2.24, 2.45) is 35.5 Å². The van der Waals surface area contributed by atoms with Crippen LogP contribution in [0, 0.1) is 49.4 Å². The lowest BCUT2D eigenvalue weighted by Gasteiger charge is -2.37. The van der Waals surface area contributed by atoms with Gasteiger partial charge in [-0.25, -0.2) is 4.79 Å². The Morgan fingerprint density at radius 2 is 1.63 bits per heavy atom. The molecule has 0 unspecified atom stereocenters. The molecule has 156 valence electrons. The normalized spacial score (nSPS) is 33.9. The van der Waals surface area contributed by atoms with Crippen LogP contribution in [-0.4, -0.2) is 41.1 Å². The van der Waals surface area contributed by atoms with E-state index in [1.807, 2.05) is 19.9 Å². The highest BCUT2D eigenvalue weighted by molar-refractivity contribution is 6.09. The van der Waals surface area contributed by atoms with Gasteiger partial charge in [-0.3, -0.25) is 19.3 Å². The number of hydrogen-bond acceptors (Lipinski definition) is 5. The zero-order chi connectivity index (χ0) is 21.3. The molecule has 2 bridgehead atoms. The van der Waals surface area contributed by atoms with Crippen LogP contribution in [0.2, 0.25) is 0 Å². The summed E-state index contributed by atoms with van der Waals surface area (Å²) < 4.78 is 5.20. The van der Waals surface area contributed by atoms with Crippen LogP contribution >= 0.6 is 0 Å². The Balaban J connectivity index is 1.26. The maximum Gasteiger partial charge on any atom is 0.329 e. The van der Waals surface area contributed by atoms with Crippen molar-refractivity contribution in [3.8, 4) is 0 Å². The number of aryl methyl sites for hydroxylation is 2. The highest BCUT2D eigenvalue weighted by Gasteiger charge is 2.67. The van der Waals surface area contributed by atoms with Crippen LogP contribution in [0.4, 0.5) is 0 Å². The molecule has 2 amide bonds. The maximum atomic E-state index is 13.1. The predicted octanol–water partition coefficient (Wildman–Crippen LogP) is 2.47. The number of Topliss-reactive ketones (excluding diaryl/α,β-unsaturated/α-hetero) is 1. The summed E-state index contributed by atoms with van der Waals surface area (Å²) in [6.45, 7) is 4.96. The number of ether oxygens (including phenoxy) is 1. The average Bonchev–Trinajstić information content (AvgIpc) is 3.51. The quantitative estimate of drug-likeness (QED) is 0.324. The smallest absolute Gasteiger partial charge is 0.329 e. The fourth-order valence-electron chi connectivity index (χ4n) is 5.72. The number of imide groups is 1. The molecule has 6 nitrogen and oxygen atoms in total. The molecule has 5 aliphatic rings. The Kier molecular flexibility index (Phi) is 4.24. The molecule has 2 saturated carbocycles. The van der Waals surface area contributed by atoms with Gasteiger partial charge in [-0.15, -0.1) is 0 Å². The number of hydrogen-bond donors (Lipinski definition) is 0. The minimum atomic E-state index is -1.03. The van der Waals surface area contributed by atoms with Crippen molar-refractivity contribution in [2.75, 3.05) is 6.61 Å². The van der Waals surface area contributed by atoms with Gasteiger partial charge in [0.05, 0.1) is 11.8 Å². The number of carbonyl (C=O) groups excluding carboxylic acids is 4. The monoisotopic (exact) mass is 407 g/mol. The molecule has 7 atom stereocenters. The van der Waals surface area contributed by atoms with E-state index in [-0.39, 0.29) is 41.3 Å². The number of esters is 1. The summed E-state index contributed by atoms with van der Waals surface area (Å²) in [5.74, 6) is -1.01. The molecule has 0 radical (unpaired) electrons. The third-order valence-corrected chi connectivity index (χ3v) is 7.60. The molecule has 4 aliphatic carbocycles. The van der Waals surface area contributed by atoms with E-state index in [0.29, 0.717) is 17.4 Å². The third kappa shape index (κ3) is 2.69. The van der Waals surface area contributed by atoms with Gasteiger partial charge >= 0.3 is 5.97 Å². The highest BCUT2D eigenvalue weighted by Crippen LogP contribution is 2.65. The van der Waals surface area contributed by atoms with Crippen molar-refractivity contribution in [1.29, 1.82) is 0 Å². The van der Waals surface area contributed by atoms with Crippen LogP contribution in [0.1, 0.15) is 34.8 Å². The van der Waals surface area contributed by atoms with E-state index in [1.165, 1.54) is 6.92 Å². The molecular weight excluding hydrogens is 382 g/mol. The number of likely N-dealkylation sites (tertiary alicyclic amines) is 1. The van der Waals surface area contributed by atoms with Crippen molar-refractivity contribution in [3.05, 3.63) is 47.0 Å². The SMILES string of the molecule is Cc1ccc(C(=O)COC(=O)[C@H](C)N2C(=O)[C@@H]3[C@H]4C=C[C@@H]([C@@H]5C[C@H]45)[C@H]3C2=O)cc1C.